The Morgan fingerprint density at radius 1 is 0.938 bits per heavy atom. The number of amides is 2. The number of allylic oxidation sites excluding steroid dienone is 6. The van der Waals surface area contributed by atoms with Crippen molar-refractivity contribution in [2.45, 2.75) is 18.8 Å². The summed E-state index contributed by atoms with van der Waals surface area (Å²) in [4.78, 5) is 56.0. The zero-order valence-corrected chi connectivity index (χ0v) is 27.5. The first-order valence-corrected chi connectivity index (χ1v) is 16.2. The fourth-order valence-corrected chi connectivity index (χ4v) is 7.92. The molecule has 1 fully saturated rings. The largest absolute Gasteiger partial charge is 0.505 e. The first-order chi connectivity index (χ1) is 23.1. The molecule has 0 aromatic heterocycles. The van der Waals surface area contributed by atoms with E-state index in [1.165, 1.54) is 23.1 Å². The van der Waals surface area contributed by atoms with Crippen molar-refractivity contribution in [2.24, 2.45) is 17.8 Å². The normalized spacial score (nSPS) is 23.5. The van der Waals surface area contributed by atoms with Crippen LogP contribution in [0.15, 0.2) is 94.0 Å². The summed E-state index contributed by atoms with van der Waals surface area (Å²) in [6, 6.07) is 16.6. The molecule has 0 spiro atoms. The van der Waals surface area contributed by atoms with Crippen LogP contribution in [-0.2, 0) is 19.2 Å². The number of Topliss-reactive ketones (excluding diaryl/α,β-unsaturated/α-hetero) is 1. The predicted molar refractivity (Wildman–Crippen MR) is 180 cm³/mol. The van der Waals surface area contributed by atoms with Gasteiger partial charge in [-0.1, -0.05) is 48.1 Å². The van der Waals surface area contributed by atoms with Crippen molar-refractivity contribution in [3.05, 3.63) is 117 Å². The lowest BCUT2D eigenvalue weighted by atomic mass is 9.59. The smallest absolute Gasteiger partial charge is 0.238 e. The number of phenolic OH excluding ortho intramolecular Hbond substituents is 1. The number of para-hydroxylation sites is 1. The van der Waals surface area contributed by atoms with E-state index in [0.717, 1.165) is 17.2 Å². The maximum Gasteiger partial charge on any atom is 0.238 e. The van der Waals surface area contributed by atoms with Crippen molar-refractivity contribution in [3.63, 3.8) is 0 Å². The van der Waals surface area contributed by atoms with Gasteiger partial charge in [-0.15, -0.1) is 0 Å². The third-order valence-electron chi connectivity index (χ3n) is 9.70. The monoisotopic (exact) mass is 709 g/mol. The Bertz CT molecular complexity index is 2040. The third kappa shape index (κ3) is 5.02. The molecular weight excluding hydrogens is 681 g/mol. The molecule has 4 aliphatic rings. The Morgan fingerprint density at radius 2 is 1.71 bits per heavy atom. The SMILES string of the molecule is COc1ccc(OC)c(C=Cc2ccc(N3C(=O)C4CC=C5C(c6cccc(F)c6O)C6=C(CC5C4C3=O)C(=O)C(Br)=CC6=O)cc2)c1. The highest BCUT2D eigenvalue weighted by Gasteiger charge is 2.57. The number of carbonyl (C=O) groups is 4. The van der Waals surface area contributed by atoms with Crippen molar-refractivity contribution in [1.29, 1.82) is 0 Å². The number of anilines is 1. The summed E-state index contributed by atoms with van der Waals surface area (Å²) in [6.07, 6.45) is 7.06. The van der Waals surface area contributed by atoms with Gasteiger partial charge in [-0.2, -0.15) is 0 Å². The summed E-state index contributed by atoms with van der Waals surface area (Å²) in [5.74, 6) is -4.76. The molecule has 8 nitrogen and oxygen atoms in total. The van der Waals surface area contributed by atoms with Gasteiger partial charge >= 0.3 is 0 Å². The predicted octanol–water partition coefficient (Wildman–Crippen LogP) is 6.69. The molecule has 4 unspecified atom stereocenters. The minimum Gasteiger partial charge on any atom is -0.505 e. The van der Waals surface area contributed by atoms with Gasteiger partial charge in [-0.25, -0.2) is 4.39 Å². The van der Waals surface area contributed by atoms with Crippen LogP contribution in [0.3, 0.4) is 0 Å². The van der Waals surface area contributed by atoms with Crippen molar-refractivity contribution in [2.75, 3.05) is 19.1 Å². The number of imide groups is 1. The molecular formula is C38H29BrFNO7. The number of carbonyl (C=O) groups excluding carboxylic acids is 4. The van der Waals surface area contributed by atoms with Crippen LogP contribution >= 0.6 is 15.9 Å². The summed E-state index contributed by atoms with van der Waals surface area (Å²) in [6.45, 7) is 0. The summed E-state index contributed by atoms with van der Waals surface area (Å²) in [7, 11) is 3.18. The first kappa shape index (κ1) is 31.5. The van der Waals surface area contributed by atoms with Crippen LogP contribution in [0.5, 0.6) is 17.2 Å². The van der Waals surface area contributed by atoms with E-state index in [1.54, 1.807) is 38.5 Å². The Labute approximate surface area is 284 Å². The molecule has 1 aliphatic heterocycles. The van der Waals surface area contributed by atoms with Crippen LogP contribution in [0.4, 0.5) is 10.1 Å². The number of rotatable bonds is 6. The average molecular weight is 711 g/mol. The summed E-state index contributed by atoms with van der Waals surface area (Å²) < 4.78 is 25.5. The van der Waals surface area contributed by atoms with Crippen LogP contribution in [0.2, 0.25) is 0 Å². The molecule has 0 bridgehead atoms. The number of phenols is 1. The highest BCUT2D eigenvalue weighted by atomic mass is 79.9. The number of methoxy groups -OCH3 is 2. The minimum absolute atomic E-state index is 0.0623. The molecule has 2 amide bonds. The topological polar surface area (TPSA) is 110 Å². The standard InChI is InChI=1S/C38H29BrFNO7/c1-47-22-12-15-31(48-2)20(16-22)9-6-19-7-10-21(11-8-19)41-37(45)25-14-13-23-26(33(25)38(41)46)17-27-34(30(42)18-28(39)35(27)43)32(23)24-4-3-5-29(40)36(24)44/h3-13,15-16,18,25-26,32-33,44H,14,17H2,1-2H3. The number of halogens is 2. The second-order valence-corrected chi connectivity index (χ2v) is 13.0. The van der Waals surface area contributed by atoms with Crippen molar-refractivity contribution >= 4 is 57.2 Å². The lowest BCUT2D eigenvalue weighted by Crippen LogP contribution is -2.39. The van der Waals surface area contributed by atoms with Crippen LogP contribution in [0.1, 0.15) is 35.4 Å². The first-order valence-electron chi connectivity index (χ1n) is 15.4. The fraction of sp³-hybridized carbons (Fsp3) is 0.211. The molecule has 3 aromatic rings. The Balaban J connectivity index is 1.21. The van der Waals surface area contributed by atoms with Crippen molar-refractivity contribution < 1.29 is 38.1 Å². The van der Waals surface area contributed by atoms with Crippen molar-refractivity contribution in [1.82, 2.24) is 0 Å². The van der Waals surface area contributed by atoms with E-state index in [-0.39, 0.29) is 39.9 Å². The van der Waals surface area contributed by atoms with Crippen LogP contribution in [-0.4, -0.2) is 42.7 Å². The highest BCUT2D eigenvalue weighted by Crippen LogP contribution is 2.56. The van der Waals surface area contributed by atoms with Gasteiger partial charge in [0.15, 0.2) is 23.1 Å². The zero-order chi connectivity index (χ0) is 33.9. The van der Waals surface area contributed by atoms with Gasteiger partial charge in [-0.3, -0.25) is 24.1 Å². The molecule has 1 N–H and O–H groups in total. The molecule has 7 rings (SSSR count). The van der Waals surface area contributed by atoms with Gasteiger partial charge < -0.3 is 14.6 Å². The molecule has 3 aromatic carbocycles. The number of hydrogen-bond donors (Lipinski definition) is 1. The molecule has 1 saturated heterocycles. The molecule has 4 atom stereocenters. The second-order valence-electron chi connectivity index (χ2n) is 12.1. The maximum atomic E-state index is 14.6. The zero-order valence-electron chi connectivity index (χ0n) is 25.9. The van der Waals surface area contributed by atoms with Gasteiger partial charge in [0.25, 0.3) is 0 Å². The second kappa shape index (κ2) is 12.2. The Morgan fingerprint density at radius 3 is 2.44 bits per heavy atom. The molecule has 0 radical (unpaired) electrons. The van der Waals surface area contributed by atoms with Crippen LogP contribution in [0.25, 0.3) is 12.2 Å². The van der Waals surface area contributed by atoms with Gasteiger partial charge in [0.05, 0.1) is 36.2 Å². The van der Waals surface area contributed by atoms with Gasteiger partial charge in [-0.05, 0) is 76.7 Å². The van der Waals surface area contributed by atoms with E-state index in [1.807, 2.05) is 36.4 Å². The van der Waals surface area contributed by atoms with E-state index in [2.05, 4.69) is 15.9 Å². The van der Waals surface area contributed by atoms with Gasteiger partial charge in [0.1, 0.15) is 11.5 Å². The highest BCUT2D eigenvalue weighted by molar-refractivity contribution is 9.12. The van der Waals surface area contributed by atoms with E-state index >= 15 is 0 Å². The lowest BCUT2D eigenvalue weighted by Gasteiger charge is -2.42. The van der Waals surface area contributed by atoms with E-state index in [0.29, 0.717) is 22.8 Å². The lowest BCUT2D eigenvalue weighted by molar-refractivity contribution is -0.123. The average Bonchev–Trinajstić information content (AvgIpc) is 3.35. The molecule has 3 aliphatic carbocycles. The number of hydrogen-bond acceptors (Lipinski definition) is 7. The number of fused-ring (bicyclic) bond motifs is 3. The molecule has 1 heterocycles. The minimum atomic E-state index is -0.949. The van der Waals surface area contributed by atoms with E-state index in [9.17, 15) is 28.7 Å². The quantitative estimate of drug-likeness (QED) is 0.132. The van der Waals surface area contributed by atoms with Crippen molar-refractivity contribution in [3.8, 4) is 17.2 Å². The van der Waals surface area contributed by atoms with E-state index in [4.69, 9.17) is 9.47 Å². The van der Waals surface area contributed by atoms with E-state index < -0.39 is 52.7 Å². The van der Waals surface area contributed by atoms with Gasteiger partial charge in [0, 0.05) is 34.3 Å². The number of aromatic hydroxyl groups is 1. The number of nitrogens with zero attached hydrogens (tertiary/aromatic N) is 1. The summed E-state index contributed by atoms with van der Waals surface area (Å²) in [5, 5.41) is 10.8. The maximum absolute atomic E-state index is 14.6. The Hall–Kier alpha value is -5.09. The fourth-order valence-electron chi connectivity index (χ4n) is 7.47. The third-order valence-corrected chi connectivity index (χ3v) is 10.3. The molecule has 0 saturated carbocycles. The number of benzene rings is 3. The number of ether oxygens (including phenoxy) is 2. The summed E-state index contributed by atoms with van der Waals surface area (Å²) in [5.41, 5.74) is 3.18. The molecule has 10 heteroatoms. The van der Waals surface area contributed by atoms with Gasteiger partial charge in [0.2, 0.25) is 11.8 Å². The Kier molecular flexibility index (Phi) is 7.99. The number of ketones is 2. The molecule has 242 valence electrons. The van der Waals surface area contributed by atoms with Crippen LogP contribution < -0.4 is 14.4 Å². The molecule has 48 heavy (non-hydrogen) atoms. The summed E-state index contributed by atoms with van der Waals surface area (Å²) >= 11 is 3.19. The van der Waals surface area contributed by atoms with Crippen LogP contribution in [0, 0.1) is 23.6 Å².